The number of nitrogens with two attached hydrogens (primary N) is 1. The zero-order valence-electron chi connectivity index (χ0n) is 12.8. The van der Waals surface area contributed by atoms with Gasteiger partial charge in [0, 0.05) is 32.0 Å². The van der Waals surface area contributed by atoms with Crippen LogP contribution in [-0.2, 0) is 19.6 Å². The Balaban J connectivity index is 1.78. The number of nitrogens with zero attached hydrogens (tertiary/aromatic N) is 1. The van der Waals surface area contributed by atoms with Gasteiger partial charge in [-0.05, 0) is 25.0 Å². The van der Waals surface area contributed by atoms with Gasteiger partial charge in [0.2, 0.25) is 21.8 Å². The van der Waals surface area contributed by atoms with Crippen LogP contribution in [0.3, 0.4) is 0 Å². The van der Waals surface area contributed by atoms with Crippen molar-refractivity contribution in [2.24, 2.45) is 11.7 Å². The molecule has 1 fully saturated rings. The molecule has 0 unspecified atom stereocenters. The molecule has 1 heterocycles. The van der Waals surface area contributed by atoms with Gasteiger partial charge in [0.25, 0.3) is 0 Å². The van der Waals surface area contributed by atoms with E-state index in [2.05, 4.69) is 4.72 Å². The Labute approximate surface area is 135 Å². The number of carbonyl (C=O) groups excluding carboxylic acids is 2. The minimum Gasteiger partial charge on any atom is -0.369 e. The van der Waals surface area contributed by atoms with Crippen molar-refractivity contribution in [2.75, 3.05) is 19.6 Å². The summed E-state index contributed by atoms with van der Waals surface area (Å²) >= 11 is 0. The van der Waals surface area contributed by atoms with Gasteiger partial charge in [-0.15, -0.1) is 0 Å². The van der Waals surface area contributed by atoms with E-state index in [0.29, 0.717) is 25.9 Å². The van der Waals surface area contributed by atoms with E-state index >= 15 is 0 Å². The Bertz CT molecular complexity index is 653. The second-order valence-corrected chi connectivity index (χ2v) is 7.29. The highest BCUT2D eigenvalue weighted by Crippen LogP contribution is 2.17. The summed E-state index contributed by atoms with van der Waals surface area (Å²) in [4.78, 5) is 25.0. The predicted molar refractivity (Wildman–Crippen MR) is 84.7 cm³/mol. The van der Waals surface area contributed by atoms with Crippen molar-refractivity contribution in [1.29, 1.82) is 0 Å². The maximum absolute atomic E-state index is 12.1. The SMILES string of the molecule is NC(=O)C1CCN(C(=O)CCNS(=O)(=O)c2ccccc2)CC1. The maximum Gasteiger partial charge on any atom is 0.240 e. The van der Waals surface area contributed by atoms with E-state index in [0.717, 1.165) is 0 Å². The van der Waals surface area contributed by atoms with Crippen molar-refractivity contribution in [3.05, 3.63) is 30.3 Å². The summed E-state index contributed by atoms with van der Waals surface area (Å²) in [5, 5.41) is 0. The van der Waals surface area contributed by atoms with Crippen molar-refractivity contribution < 1.29 is 18.0 Å². The third kappa shape index (κ3) is 4.77. The van der Waals surface area contributed by atoms with Crippen LogP contribution < -0.4 is 10.5 Å². The van der Waals surface area contributed by atoms with E-state index in [1.165, 1.54) is 12.1 Å². The molecular formula is C15H21N3O4S. The smallest absolute Gasteiger partial charge is 0.240 e. The number of piperidine rings is 1. The highest BCUT2D eigenvalue weighted by atomic mass is 32.2. The molecule has 3 N–H and O–H groups in total. The molecule has 2 rings (SSSR count). The second-order valence-electron chi connectivity index (χ2n) is 5.52. The molecule has 7 nitrogen and oxygen atoms in total. The number of rotatable bonds is 6. The van der Waals surface area contributed by atoms with Gasteiger partial charge >= 0.3 is 0 Å². The molecular weight excluding hydrogens is 318 g/mol. The Hall–Kier alpha value is -1.93. The van der Waals surface area contributed by atoms with Crippen LogP contribution in [0.1, 0.15) is 19.3 Å². The van der Waals surface area contributed by atoms with Gasteiger partial charge in [0.15, 0.2) is 0 Å². The van der Waals surface area contributed by atoms with Crippen LogP contribution in [-0.4, -0.2) is 44.8 Å². The number of hydrogen-bond donors (Lipinski definition) is 2. The van der Waals surface area contributed by atoms with Crippen LogP contribution >= 0.6 is 0 Å². The van der Waals surface area contributed by atoms with Gasteiger partial charge < -0.3 is 10.6 Å². The molecule has 1 aromatic carbocycles. The first-order valence-electron chi connectivity index (χ1n) is 7.52. The van der Waals surface area contributed by atoms with E-state index in [-0.39, 0.29) is 35.6 Å². The fourth-order valence-electron chi connectivity index (χ4n) is 2.55. The average Bonchev–Trinajstić information content (AvgIpc) is 2.55. The average molecular weight is 339 g/mol. The van der Waals surface area contributed by atoms with Crippen molar-refractivity contribution in [1.82, 2.24) is 9.62 Å². The van der Waals surface area contributed by atoms with Crippen molar-refractivity contribution in [3.8, 4) is 0 Å². The van der Waals surface area contributed by atoms with Crippen molar-refractivity contribution >= 4 is 21.8 Å². The van der Waals surface area contributed by atoms with E-state index in [4.69, 9.17) is 5.73 Å². The molecule has 2 amide bonds. The Morgan fingerprint density at radius 2 is 1.78 bits per heavy atom. The first-order chi connectivity index (χ1) is 10.9. The van der Waals surface area contributed by atoms with E-state index < -0.39 is 10.0 Å². The number of sulfonamides is 1. The molecule has 1 aliphatic heterocycles. The number of carbonyl (C=O) groups is 2. The third-order valence-electron chi connectivity index (χ3n) is 3.93. The molecule has 0 aromatic heterocycles. The molecule has 8 heteroatoms. The van der Waals surface area contributed by atoms with Gasteiger partial charge in [-0.25, -0.2) is 13.1 Å². The molecule has 0 saturated carbocycles. The first kappa shape index (κ1) is 17.4. The summed E-state index contributed by atoms with van der Waals surface area (Å²) in [5.41, 5.74) is 5.25. The van der Waals surface area contributed by atoms with Crippen LogP contribution in [0, 0.1) is 5.92 Å². The fraction of sp³-hybridized carbons (Fsp3) is 0.467. The summed E-state index contributed by atoms with van der Waals surface area (Å²) in [6.07, 6.45) is 1.22. The summed E-state index contributed by atoms with van der Waals surface area (Å²) in [5.74, 6) is -0.618. The number of likely N-dealkylation sites (tertiary alicyclic amines) is 1. The summed E-state index contributed by atoms with van der Waals surface area (Å²) in [7, 11) is -3.59. The van der Waals surface area contributed by atoms with Crippen molar-refractivity contribution in [3.63, 3.8) is 0 Å². The monoisotopic (exact) mass is 339 g/mol. The standard InChI is InChI=1S/C15H21N3O4S/c16-15(20)12-7-10-18(11-8-12)14(19)6-9-17-23(21,22)13-4-2-1-3-5-13/h1-5,12,17H,6-11H2,(H2,16,20). The largest absolute Gasteiger partial charge is 0.369 e. The molecule has 1 aliphatic rings. The summed E-state index contributed by atoms with van der Waals surface area (Å²) < 4.78 is 26.5. The third-order valence-corrected chi connectivity index (χ3v) is 5.41. The Kier molecular flexibility index (Phi) is 5.73. The second kappa shape index (κ2) is 7.56. The molecule has 0 bridgehead atoms. The Morgan fingerprint density at radius 1 is 1.17 bits per heavy atom. The molecule has 23 heavy (non-hydrogen) atoms. The minimum atomic E-state index is -3.59. The number of amides is 2. The minimum absolute atomic E-state index is 0.0474. The number of hydrogen-bond acceptors (Lipinski definition) is 4. The lowest BCUT2D eigenvalue weighted by Crippen LogP contribution is -2.42. The van der Waals surface area contributed by atoms with Crippen LogP contribution in [0.25, 0.3) is 0 Å². The van der Waals surface area contributed by atoms with E-state index in [9.17, 15) is 18.0 Å². The Morgan fingerprint density at radius 3 is 2.35 bits per heavy atom. The zero-order valence-corrected chi connectivity index (χ0v) is 13.6. The van der Waals surface area contributed by atoms with Crippen molar-refractivity contribution in [2.45, 2.75) is 24.2 Å². The van der Waals surface area contributed by atoms with E-state index in [1.807, 2.05) is 0 Å². The number of benzene rings is 1. The highest BCUT2D eigenvalue weighted by molar-refractivity contribution is 7.89. The lowest BCUT2D eigenvalue weighted by molar-refractivity contribution is -0.134. The number of nitrogens with one attached hydrogen (secondary N) is 1. The lowest BCUT2D eigenvalue weighted by Gasteiger charge is -2.30. The molecule has 126 valence electrons. The fourth-order valence-corrected chi connectivity index (χ4v) is 3.60. The quantitative estimate of drug-likeness (QED) is 0.765. The molecule has 1 saturated heterocycles. The lowest BCUT2D eigenvalue weighted by atomic mass is 9.96. The maximum atomic E-state index is 12.1. The van der Waals surface area contributed by atoms with Gasteiger partial charge in [-0.3, -0.25) is 9.59 Å². The molecule has 1 aromatic rings. The van der Waals surface area contributed by atoms with E-state index in [1.54, 1.807) is 23.1 Å². The van der Waals surface area contributed by atoms with Crippen LogP contribution in [0.5, 0.6) is 0 Å². The summed E-state index contributed by atoms with van der Waals surface area (Å²) in [6.45, 7) is 1.02. The highest BCUT2D eigenvalue weighted by Gasteiger charge is 2.25. The molecule has 0 aliphatic carbocycles. The normalized spacial score (nSPS) is 16.3. The molecule has 0 atom stereocenters. The summed E-state index contributed by atoms with van der Waals surface area (Å²) in [6, 6.07) is 8.01. The van der Waals surface area contributed by atoms with Crippen LogP contribution in [0.4, 0.5) is 0 Å². The van der Waals surface area contributed by atoms with Crippen LogP contribution in [0.2, 0.25) is 0 Å². The molecule has 0 spiro atoms. The zero-order chi connectivity index (χ0) is 16.9. The topological polar surface area (TPSA) is 110 Å². The predicted octanol–water partition coefficient (Wildman–Crippen LogP) is 0.0789. The molecule has 0 radical (unpaired) electrons. The van der Waals surface area contributed by atoms with Gasteiger partial charge in [0.05, 0.1) is 4.90 Å². The van der Waals surface area contributed by atoms with Gasteiger partial charge in [-0.1, -0.05) is 18.2 Å². The van der Waals surface area contributed by atoms with Crippen LogP contribution in [0.15, 0.2) is 35.2 Å². The van der Waals surface area contributed by atoms with Gasteiger partial charge in [-0.2, -0.15) is 0 Å². The first-order valence-corrected chi connectivity index (χ1v) is 9.00. The van der Waals surface area contributed by atoms with Gasteiger partial charge in [0.1, 0.15) is 0 Å². The number of primary amides is 1.